The molecule has 0 saturated heterocycles. The Morgan fingerprint density at radius 2 is 2.00 bits per heavy atom. The third kappa shape index (κ3) is 9.22. The smallest absolute Gasteiger partial charge is 0.207 e. The predicted molar refractivity (Wildman–Crippen MR) is 126 cm³/mol. The molecule has 170 valence electrons. The monoisotopic (exact) mass is 426 g/mol. The van der Waals surface area contributed by atoms with Crippen LogP contribution in [0.2, 0.25) is 0 Å². The number of nitrogens with zero attached hydrogens (tertiary/aromatic N) is 1. The quantitative estimate of drug-likeness (QED) is 0.271. The van der Waals surface area contributed by atoms with Crippen LogP contribution in [0.4, 0.5) is 0 Å². The molecule has 1 aliphatic carbocycles. The zero-order valence-electron chi connectivity index (χ0n) is 19.0. The summed E-state index contributed by atoms with van der Waals surface area (Å²) < 4.78 is 0. The first-order valence-corrected chi connectivity index (χ1v) is 11.5. The highest BCUT2D eigenvalue weighted by Gasteiger charge is 2.17. The summed E-state index contributed by atoms with van der Waals surface area (Å²) in [6.45, 7) is 4.44. The largest absolute Gasteiger partial charge is 0.359 e. The van der Waals surface area contributed by atoms with Crippen molar-refractivity contribution in [2.75, 3.05) is 20.1 Å². The Morgan fingerprint density at radius 1 is 1.23 bits per heavy atom. The van der Waals surface area contributed by atoms with Gasteiger partial charge in [-0.2, -0.15) is 0 Å². The van der Waals surface area contributed by atoms with Gasteiger partial charge in [0.15, 0.2) is 0 Å². The van der Waals surface area contributed by atoms with Crippen molar-refractivity contribution in [3.63, 3.8) is 0 Å². The molecular formula is C25H38N4O2. The van der Waals surface area contributed by atoms with Crippen LogP contribution in [0.15, 0.2) is 18.2 Å². The fraction of sp³-hybridized carbons (Fsp3) is 0.600. The molecule has 1 aromatic carbocycles. The van der Waals surface area contributed by atoms with E-state index in [2.05, 4.69) is 41.3 Å². The zero-order valence-corrected chi connectivity index (χ0v) is 19.0. The molecule has 0 radical (unpaired) electrons. The van der Waals surface area contributed by atoms with Crippen molar-refractivity contribution in [2.45, 2.75) is 76.5 Å². The average Bonchev–Trinajstić information content (AvgIpc) is 2.77. The standard InChI is InChI=1S/C25H38N4O2/c1-20(6-5-14-27-19-31)29(2)17-23-16-21(8-9-22(23)18-30)7-3-4-15-28-25-12-10-24(26)11-13-25/h8-9,16,18-20,24-25,28H,4-6,10-15,17,26H2,1-2H3,(H,27,31). The minimum atomic E-state index is 0.350. The number of hydrogen-bond acceptors (Lipinski definition) is 5. The van der Waals surface area contributed by atoms with E-state index in [1.165, 1.54) is 0 Å². The van der Waals surface area contributed by atoms with Crippen molar-refractivity contribution in [1.29, 1.82) is 0 Å². The first-order valence-electron chi connectivity index (χ1n) is 11.5. The predicted octanol–water partition coefficient (Wildman–Crippen LogP) is 2.45. The summed E-state index contributed by atoms with van der Waals surface area (Å²) in [6, 6.07) is 7.12. The van der Waals surface area contributed by atoms with Gasteiger partial charge in [-0.3, -0.25) is 14.5 Å². The van der Waals surface area contributed by atoms with Gasteiger partial charge < -0.3 is 16.4 Å². The summed E-state index contributed by atoms with van der Waals surface area (Å²) in [5.74, 6) is 6.50. The molecule has 0 spiro atoms. The number of nitrogens with one attached hydrogen (secondary N) is 2. The second kappa shape index (κ2) is 14.0. The van der Waals surface area contributed by atoms with Gasteiger partial charge in [-0.05, 0) is 70.2 Å². The molecule has 1 unspecified atom stereocenters. The van der Waals surface area contributed by atoms with Gasteiger partial charge in [0.25, 0.3) is 0 Å². The first kappa shape index (κ1) is 25.1. The van der Waals surface area contributed by atoms with Gasteiger partial charge in [0.05, 0.1) is 0 Å². The number of amides is 1. The number of aldehydes is 1. The number of nitrogens with two attached hydrogens (primary N) is 1. The minimum Gasteiger partial charge on any atom is -0.359 e. The van der Waals surface area contributed by atoms with Crippen molar-refractivity contribution < 1.29 is 9.59 Å². The van der Waals surface area contributed by atoms with Gasteiger partial charge in [-0.1, -0.05) is 17.9 Å². The van der Waals surface area contributed by atoms with Crippen LogP contribution in [0.3, 0.4) is 0 Å². The maximum Gasteiger partial charge on any atom is 0.207 e. The number of carbonyl (C=O) groups excluding carboxylic acids is 2. The Bertz CT molecular complexity index is 748. The Labute approximate surface area is 187 Å². The maximum absolute atomic E-state index is 11.5. The minimum absolute atomic E-state index is 0.350. The highest BCUT2D eigenvalue weighted by Crippen LogP contribution is 2.17. The van der Waals surface area contributed by atoms with Gasteiger partial charge >= 0.3 is 0 Å². The maximum atomic E-state index is 11.5. The summed E-state index contributed by atoms with van der Waals surface area (Å²) in [4.78, 5) is 24.1. The molecule has 1 aliphatic rings. The molecule has 1 aromatic rings. The molecule has 1 saturated carbocycles. The zero-order chi connectivity index (χ0) is 22.5. The Balaban J connectivity index is 1.85. The van der Waals surface area contributed by atoms with E-state index in [1.54, 1.807) is 0 Å². The van der Waals surface area contributed by atoms with Crippen LogP contribution in [0.5, 0.6) is 0 Å². The van der Waals surface area contributed by atoms with Crippen molar-refractivity contribution in [3.8, 4) is 11.8 Å². The van der Waals surface area contributed by atoms with Gasteiger partial charge in [0, 0.05) is 55.3 Å². The summed E-state index contributed by atoms with van der Waals surface area (Å²) in [5, 5.41) is 6.28. The lowest BCUT2D eigenvalue weighted by atomic mass is 9.92. The highest BCUT2D eigenvalue weighted by atomic mass is 16.1. The van der Waals surface area contributed by atoms with Gasteiger partial charge in [0.1, 0.15) is 6.29 Å². The van der Waals surface area contributed by atoms with Crippen LogP contribution in [0, 0.1) is 11.8 Å². The molecule has 1 atom stereocenters. The molecule has 0 aromatic heterocycles. The van der Waals surface area contributed by atoms with E-state index in [0.717, 1.165) is 75.3 Å². The van der Waals surface area contributed by atoms with Crippen LogP contribution < -0.4 is 16.4 Å². The highest BCUT2D eigenvalue weighted by molar-refractivity contribution is 5.77. The Hall–Kier alpha value is -2.20. The third-order valence-corrected chi connectivity index (χ3v) is 6.16. The summed E-state index contributed by atoms with van der Waals surface area (Å²) in [5.41, 5.74) is 8.62. The molecule has 4 N–H and O–H groups in total. The number of benzene rings is 1. The van der Waals surface area contributed by atoms with E-state index in [9.17, 15) is 9.59 Å². The molecule has 6 heteroatoms. The molecule has 0 bridgehead atoms. The van der Waals surface area contributed by atoms with E-state index in [1.807, 2.05) is 18.2 Å². The molecular weight excluding hydrogens is 388 g/mol. The second-order valence-electron chi connectivity index (χ2n) is 8.63. The van der Waals surface area contributed by atoms with E-state index in [-0.39, 0.29) is 0 Å². The van der Waals surface area contributed by atoms with E-state index in [0.29, 0.717) is 36.8 Å². The summed E-state index contributed by atoms with van der Waals surface area (Å²) in [6.07, 6.45) is 8.90. The molecule has 0 heterocycles. The molecule has 6 nitrogen and oxygen atoms in total. The van der Waals surface area contributed by atoms with Crippen molar-refractivity contribution in [3.05, 3.63) is 34.9 Å². The molecule has 2 rings (SSSR count). The molecule has 1 amide bonds. The number of rotatable bonds is 12. The van der Waals surface area contributed by atoms with E-state index < -0.39 is 0 Å². The van der Waals surface area contributed by atoms with Crippen molar-refractivity contribution >= 4 is 12.7 Å². The van der Waals surface area contributed by atoms with E-state index in [4.69, 9.17) is 5.73 Å². The molecule has 1 fully saturated rings. The van der Waals surface area contributed by atoms with Gasteiger partial charge in [0.2, 0.25) is 6.41 Å². The normalized spacial score (nSPS) is 19.4. The summed E-state index contributed by atoms with van der Waals surface area (Å²) >= 11 is 0. The number of hydrogen-bond donors (Lipinski definition) is 3. The van der Waals surface area contributed by atoms with Crippen LogP contribution in [-0.2, 0) is 11.3 Å². The lowest BCUT2D eigenvalue weighted by molar-refractivity contribution is -0.109. The first-order chi connectivity index (χ1) is 15.0. The van der Waals surface area contributed by atoms with E-state index >= 15 is 0 Å². The van der Waals surface area contributed by atoms with Crippen molar-refractivity contribution in [2.24, 2.45) is 5.73 Å². The lowest BCUT2D eigenvalue weighted by Gasteiger charge is -2.26. The van der Waals surface area contributed by atoms with Gasteiger partial charge in [-0.15, -0.1) is 0 Å². The molecule has 31 heavy (non-hydrogen) atoms. The Morgan fingerprint density at radius 3 is 2.71 bits per heavy atom. The topological polar surface area (TPSA) is 87.5 Å². The number of carbonyl (C=O) groups is 2. The molecule has 0 aliphatic heterocycles. The van der Waals surface area contributed by atoms with Crippen molar-refractivity contribution in [1.82, 2.24) is 15.5 Å². The second-order valence-corrected chi connectivity index (χ2v) is 8.63. The fourth-order valence-electron chi connectivity index (χ4n) is 3.97. The van der Waals surface area contributed by atoms with Crippen LogP contribution in [-0.4, -0.2) is 55.9 Å². The van der Waals surface area contributed by atoms with Crippen LogP contribution in [0.25, 0.3) is 0 Å². The lowest BCUT2D eigenvalue weighted by Crippen LogP contribution is -2.37. The fourth-order valence-corrected chi connectivity index (χ4v) is 3.97. The van der Waals surface area contributed by atoms with Gasteiger partial charge in [-0.25, -0.2) is 0 Å². The van der Waals surface area contributed by atoms with Crippen LogP contribution in [0.1, 0.15) is 73.4 Å². The van der Waals surface area contributed by atoms with Crippen LogP contribution >= 0.6 is 0 Å². The third-order valence-electron chi connectivity index (χ3n) is 6.16. The Kier molecular flexibility index (Phi) is 11.3. The average molecular weight is 427 g/mol. The summed E-state index contributed by atoms with van der Waals surface area (Å²) in [7, 11) is 2.06. The SMILES string of the molecule is CC(CCCNC=O)N(C)Cc1cc(C#CCCNC2CCC(N)CC2)ccc1C=O.